The predicted molar refractivity (Wildman–Crippen MR) is 116 cm³/mol. The third-order valence-electron chi connectivity index (χ3n) is 5.77. The quantitative estimate of drug-likeness (QED) is 0.425. The lowest BCUT2D eigenvalue weighted by molar-refractivity contribution is -0.140. The molecular weight excluding hydrogens is 380 g/mol. The van der Waals surface area contributed by atoms with Gasteiger partial charge in [0.05, 0.1) is 5.57 Å². The van der Waals surface area contributed by atoms with Gasteiger partial charge in [-0.2, -0.15) is 0 Å². The van der Waals surface area contributed by atoms with Crippen LogP contribution in [-0.2, 0) is 9.59 Å². The van der Waals surface area contributed by atoms with Gasteiger partial charge >= 0.3 is 0 Å². The molecular formula is C24H30N2O4. The second-order valence-electron chi connectivity index (χ2n) is 7.79. The lowest BCUT2D eigenvalue weighted by Gasteiger charge is -2.26. The van der Waals surface area contributed by atoms with Crippen LogP contribution in [0.15, 0.2) is 40.3 Å². The highest BCUT2D eigenvalue weighted by Gasteiger charge is 2.47. The lowest BCUT2D eigenvalue weighted by atomic mass is 9.96. The summed E-state index contributed by atoms with van der Waals surface area (Å²) in [7, 11) is 0. The van der Waals surface area contributed by atoms with Crippen LogP contribution in [0.25, 0.3) is 5.76 Å². The van der Waals surface area contributed by atoms with Gasteiger partial charge in [0, 0.05) is 18.7 Å². The van der Waals surface area contributed by atoms with Crippen molar-refractivity contribution in [1.29, 1.82) is 0 Å². The van der Waals surface area contributed by atoms with E-state index in [1.165, 1.54) is 4.90 Å². The number of aliphatic hydroxyl groups excluding tert-OH is 1. The Morgan fingerprint density at radius 3 is 2.40 bits per heavy atom. The van der Waals surface area contributed by atoms with E-state index in [2.05, 4.69) is 18.7 Å². The smallest absolute Gasteiger partial charge is 0.295 e. The number of amides is 1. The van der Waals surface area contributed by atoms with Crippen molar-refractivity contribution in [1.82, 2.24) is 9.80 Å². The van der Waals surface area contributed by atoms with Gasteiger partial charge in [0.2, 0.25) is 0 Å². The van der Waals surface area contributed by atoms with Gasteiger partial charge in [-0.25, -0.2) is 0 Å². The van der Waals surface area contributed by atoms with Gasteiger partial charge in [-0.15, -0.1) is 0 Å². The Balaban J connectivity index is 2.11. The van der Waals surface area contributed by atoms with Gasteiger partial charge in [0.25, 0.3) is 11.7 Å². The van der Waals surface area contributed by atoms with E-state index in [4.69, 9.17) is 4.42 Å². The molecule has 0 spiro atoms. The molecule has 30 heavy (non-hydrogen) atoms. The molecule has 1 unspecified atom stereocenters. The molecule has 0 bridgehead atoms. The molecule has 0 radical (unpaired) electrons. The van der Waals surface area contributed by atoms with Gasteiger partial charge in [0.1, 0.15) is 23.3 Å². The number of hydrogen-bond donors (Lipinski definition) is 1. The normalized spacial score (nSPS) is 18.6. The number of carbonyl (C=O) groups is 2. The molecule has 6 nitrogen and oxygen atoms in total. The monoisotopic (exact) mass is 410 g/mol. The van der Waals surface area contributed by atoms with Crippen LogP contribution >= 0.6 is 0 Å². The molecule has 160 valence electrons. The SMILES string of the molecule is CCN(CC)CCN1C(=O)C(=O)C(=C(O)c2cc(C)ccc2C)C1c1ccc(C)o1. The summed E-state index contributed by atoms with van der Waals surface area (Å²) in [5.74, 6) is -0.261. The topological polar surface area (TPSA) is 74.0 Å². The zero-order valence-electron chi connectivity index (χ0n) is 18.4. The fraction of sp³-hybridized carbons (Fsp3) is 0.417. The van der Waals surface area contributed by atoms with E-state index in [0.717, 1.165) is 24.2 Å². The summed E-state index contributed by atoms with van der Waals surface area (Å²) in [4.78, 5) is 29.7. The van der Waals surface area contributed by atoms with Crippen LogP contribution in [-0.4, -0.2) is 52.8 Å². The Hall–Kier alpha value is -2.86. The summed E-state index contributed by atoms with van der Waals surface area (Å²) in [6.45, 7) is 12.5. The van der Waals surface area contributed by atoms with Crippen molar-refractivity contribution < 1.29 is 19.1 Å². The minimum atomic E-state index is -0.742. The van der Waals surface area contributed by atoms with E-state index in [-0.39, 0.29) is 11.3 Å². The van der Waals surface area contributed by atoms with Gasteiger partial charge < -0.3 is 19.3 Å². The Morgan fingerprint density at radius 2 is 1.80 bits per heavy atom. The number of nitrogens with zero attached hydrogens (tertiary/aromatic N) is 2. The molecule has 2 aromatic rings. The van der Waals surface area contributed by atoms with E-state index < -0.39 is 17.7 Å². The fourth-order valence-corrected chi connectivity index (χ4v) is 3.93. The standard InChI is InChI=1S/C24H30N2O4/c1-6-25(7-2)12-13-26-21(19-11-10-17(5)30-19)20(23(28)24(26)29)22(27)18-14-15(3)8-9-16(18)4/h8-11,14,21,27H,6-7,12-13H2,1-5H3. The zero-order chi connectivity index (χ0) is 22.0. The van der Waals surface area contributed by atoms with Crippen LogP contribution < -0.4 is 0 Å². The first kappa shape index (κ1) is 21.8. The van der Waals surface area contributed by atoms with E-state index >= 15 is 0 Å². The molecule has 1 aliphatic rings. The van der Waals surface area contributed by atoms with Crippen LogP contribution in [0.4, 0.5) is 0 Å². The highest BCUT2D eigenvalue weighted by Crippen LogP contribution is 2.40. The van der Waals surface area contributed by atoms with Crippen LogP contribution in [0.2, 0.25) is 0 Å². The number of likely N-dealkylation sites (N-methyl/N-ethyl adjacent to an activating group) is 1. The Bertz CT molecular complexity index is 985. The van der Waals surface area contributed by atoms with Gasteiger partial charge in [-0.05, 0) is 57.6 Å². The van der Waals surface area contributed by atoms with Crippen molar-refractivity contribution in [3.05, 3.63) is 64.1 Å². The second-order valence-corrected chi connectivity index (χ2v) is 7.79. The average molecular weight is 411 g/mol. The zero-order valence-corrected chi connectivity index (χ0v) is 18.4. The van der Waals surface area contributed by atoms with Crippen molar-refractivity contribution >= 4 is 17.4 Å². The minimum Gasteiger partial charge on any atom is -0.507 e. The number of ketones is 1. The van der Waals surface area contributed by atoms with E-state index in [1.54, 1.807) is 12.1 Å². The summed E-state index contributed by atoms with van der Waals surface area (Å²) in [6.07, 6.45) is 0. The van der Waals surface area contributed by atoms with Gasteiger partial charge in [-0.3, -0.25) is 9.59 Å². The molecule has 0 aliphatic carbocycles. The fourth-order valence-electron chi connectivity index (χ4n) is 3.93. The summed E-state index contributed by atoms with van der Waals surface area (Å²) in [5, 5.41) is 11.2. The molecule has 1 saturated heterocycles. The van der Waals surface area contributed by atoms with Crippen LogP contribution in [0, 0.1) is 20.8 Å². The number of benzene rings is 1. The predicted octanol–water partition coefficient (Wildman–Crippen LogP) is 3.97. The largest absolute Gasteiger partial charge is 0.507 e. The summed E-state index contributed by atoms with van der Waals surface area (Å²) >= 11 is 0. The summed E-state index contributed by atoms with van der Waals surface area (Å²) in [6, 6.07) is 8.51. The number of likely N-dealkylation sites (tertiary alicyclic amines) is 1. The molecule has 1 N–H and O–H groups in total. The van der Waals surface area contributed by atoms with Crippen molar-refractivity contribution in [2.75, 3.05) is 26.2 Å². The molecule has 1 aromatic carbocycles. The number of furan rings is 1. The van der Waals surface area contributed by atoms with Crippen molar-refractivity contribution in [3.63, 3.8) is 0 Å². The first-order valence-corrected chi connectivity index (χ1v) is 10.4. The highest BCUT2D eigenvalue weighted by molar-refractivity contribution is 6.46. The Kier molecular flexibility index (Phi) is 6.46. The number of hydrogen-bond acceptors (Lipinski definition) is 5. The minimum absolute atomic E-state index is 0.0857. The lowest BCUT2D eigenvalue weighted by Crippen LogP contribution is -2.37. The molecule has 1 aromatic heterocycles. The average Bonchev–Trinajstić information content (AvgIpc) is 3.26. The van der Waals surface area contributed by atoms with E-state index in [0.29, 0.717) is 30.2 Å². The number of aryl methyl sites for hydroxylation is 3. The molecule has 1 atom stereocenters. The molecule has 2 heterocycles. The molecule has 3 rings (SSSR count). The number of aliphatic hydroxyl groups is 1. The summed E-state index contributed by atoms with van der Waals surface area (Å²) in [5.41, 5.74) is 2.44. The third kappa shape index (κ3) is 4.05. The number of Topliss-reactive ketones (excluding diaryl/α,β-unsaturated/α-hetero) is 1. The maximum absolute atomic E-state index is 13.0. The van der Waals surface area contributed by atoms with Crippen LogP contribution in [0.3, 0.4) is 0 Å². The number of rotatable bonds is 7. The van der Waals surface area contributed by atoms with Crippen LogP contribution in [0.1, 0.15) is 48.1 Å². The van der Waals surface area contributed by atoms with E-state index in [1.807, 2.05) is 39.0 Å². The maximum atomic E-state index is 13.0. The first-order chi connectivity index (χ1) is 14.3. The van der Waals surface area contributed by atoms with Crippen molar-refractivity contribution in [2.45, 2.75) is 40.7 Å². The maximum Gasteiger partial charge on any atom is 0.295 e. The molecule has 1 amide bonds. The molecule has 6 heteroatoms. The van der Waals surface area contributed by atoms with Gasteiger partial charge in [0.15, 0.2) is 0 Å². The Morgan fingerprint density at radius 1 is 1.10 bits per heavy atom. The Labute approximate surface area is 177 Å². The molecule has 1 fully saturated rings. The van der Waals surface area contributed by atoms with E-state index in [9.17, 15) is 14.7 Å². The summed E-state index contributed by atoms with van der Waals surface area (Å²) < 4.78 is 5.82. The third-order valence-corrected chi connectivity index (χ3v) is 5.77. The van der Waals surface area contributed by atoms with Crippen LogP contribution in [0.5, 0.6) is 0 Å². The highest BCUT2D eigenvalue weighted by atomic mass is 16.3. The molecule has 1 aliphatic heterocycles. The van der Waals surface area contributed by atoms with Gasteiger partial charge in [-0.1, -0.05) is 31.5 Å². The first-order valence-electron chi connectivity index (χ1n) is 10.4. The van der Waals surface area contributed by atoms with Crippen molar-refractivity contribution in [2.24, 2.45) is 0 Å². The van der Waals surface area contributed by atoms with Crippen molar-refractivity contribution in [3.8, 4) is 0 Å². The molecule has 0 saturated carbocycles. The number of carbonyl (C=O) groups excluding carboxylic acids is 2. The second kappa shape index (κ2) is 8.88.